The lowest BCUT2D eigenvalue weighted by Crippen LogP contribution is -2.39. The molecule has 1 saturated heterocycles. The van der Waals surface area contributed by atoms with Crippen LogP contribution < -0.4 is 5.73 Å². The molecule has 1 fully saturated rings. The van der Waals surface area contributed by atoms with Gasteiger partial charge in [0.2, 0.25) is 0 Å². The van der Waals surface area contributed by atoms with Crippen LogP contribution in [-0.4, -0.2) is 23.9 Å². The molecule has 0 spiro atoms. The molecule has 2 N–H and O–H groups in total. The third-order valence-electron chi connectivity index (χ3n) is 3.16. The first kappa shape index (κ1) is 12.1. The number of nitrogens with zero attached hydrogens (tertiary/aromatic N) is 1. The molecule has 1 amide bonds. The van der Waals surface area contributed by atoms with Gasteiger partial charge in [0.15, 0.2) is 0 Å². The summed E-state index contributed by atoms with van der Waals surface area (Å²) in [6.45, 7) is 7.81. The molecule has 0 aromatic heterocycles. The maximum absolute atomic E-state index is 12.1. The van der Waals surface area contributed by atoms with Crippen LogP contribution in [0.2, 0.25) is 0 Å². The first-order valence-corrected chi connectivity index (χ1v) is 5.80. The number of carbonyl (C=O) groups is 1. The first-order chi connectivity index (χ1) is 7.06. The van der Waals surface area contributed by atoms with Crippen molar-refractivity contribution in [2.75, 3.05) is 13.1 Å². The molecule has 0 radical (unpaired) electrons. The molecule has 0 atom stereocenters. The van der Waals surface area contributed by atoms with Crippen molar-refractivity contribution >= 4 is 5.91 Å². The molecule has 0 saturated carbocycles. The van der Waals surface area contributed by atoms with E-state index >= 15 is 0 Å². The van der Waals surface area contributed by atoms with Crippen LogP contribution in [0.25, 0.3) is 0 Å². The Bertz CT molecular complexity index is 259. The minimum absolute atomic E-state index is 0.143. The summed E-state index contributed by atoms with van der Waals surface area (Å²) in [5.74, 6) is 0.895. The van der Waals surface area contributed by atoms with Gasteiger partial charge in [-0.2, -0.15) is 0 Å². The fraction of sp³-hybridized carbons (Fsp3) is 0.750. The summed E-state index contributed by atoms with van der Waals surface area (Å²) in [5, 5.41) is 0. The molecule has 1 heterocycles. The van der Waals surface area contributed by atoms with E-state index in [0.717, 1.165) is 43.8 Å². The zero-order chi connectivity index (χ0) is 11.4. The second-order valence-corrected chi connectivity index (χ2v) is 4.49. The Kier molecular flexibility index (Phi) is 4.18. The van der Waals surface area contributed by atoms with Crippen molar-refractivity contribution < 1.29 is 4.79 Å². The number of hydrogen-bond acceptors (Lipinski definition) is 2. The molecule has 1 rings (SSSR count). The van der Waals surface area contributed by atoms with E-state index in [1.807, 2.05) is 18.7 Å². The summed E-state index contributed by atoms with van der Waals surface area (Å²) in [5.41, 5.74) is 7.16. The second kappa shape index (κ2) is 5.19. The van der Waals surface area contributed by atoms with Gasteiger partial charge in [-0.05, 0) is 32.1 Å². The molecule has 0 aromatic carbocycles. The van der Waals surface area contributed by atoms with E-state index in [4.69, 9.17) is 5.73 Å². The number of carbonyl (C=O) groups excluding carboxylic acids is 1. The smallest absolute Gasteiger partial charge is 0.251 e. The number of piperidine rings is 1. The van der Waals surface area contributed by atoms with Crippen molar-refractivity contribution in [2.24, 2.45) is 11.7 Å². The van der Waals surface area contributed by atoms with Gasteiger partial charge in [0.05, 0.1) is 0 Å². The Morgan fingerprint density at radius 2 is 1.93 bits per heavy atom. The van der Waals surface area contributed by atoms with Gasteiger partial charge in [0, 0.05) is 24.4 Å². The Morgan fingerprint density at radius 1 is 1.40 bits per heavy atom. The fourth-order valence-corrected chi connectivity index (χ4v) is 2.00. The summed E-state index contributed by atoms with van der Waals surface area (Å²) in [6.07, 6.45) is 2.96. The number of amides is 1. The standard InChI is InChI=1S/C12H22N2O/c1-4-11(10(3)13)12(15)14-7-5-9(2)6-8-14/h9H,4-8,13H2,1-3H3/b11-10-. The molecule has 86 valence electrons. The summed E-state index contributed by atoms with van der Waals surface area (Å²) >= 11 is 0. The molecule has 0 bridgehead atoms. The van der Waals surface area contributed by atoms with Crippen molar-refractivity contribution in [3.05, 3.63) is 11.3 Å². The quantitative estimate of drug-likeness (QED) is 0.707. The zero-order valence-electron chi connectivity index (χ0n) is 10.0. The highest BCUT2D eigenvalue weighted by atomic mass is 16.2. The number of hydrogen-bond donors (Lipinski definition) is 1. The van der Waals surface area contributed by atoms with Crippen LogP contribution in [-0.2, 0) is 4.79 Å². The van der Waals surface area contributed by atoms with Crippen LogP contribution in [0, 0.1) is 5.92 Å². The average Bonchev–Trinajstić information content (AvgIpc) is 2.19. The first-order valence-electron chi connectivity index (χ1n) is 5.80. The lowest BCUT2D eigenvalue weighted by Gasteiger charge is -2.31. The average molecular weight is 210 g/mol. The minimum atomic E-state index is 0.143. The van der Waals surface area contributed by atoms with Crippen molar-refractivity contribution in [3.63, 3.8) is 0 Å². The molecule has 0 aromatic rings. The summed E-state index contributed by atoms with van der Waals surface area (Å²) in [7, 11) is 0. The SMILES string of the molecule is CC/C(C(=O)N1CCC(C)CC1)=C(\C)N. The van der Waals surface area contributed by atoms with Crippen molar-refractivity contribution in [1.82, 2.24) is 4.90 Å². The Hall–Kier alpha value is -0.990. The molecule has 1 aliphatic rings. The van der Waals surface area contributed by atoms with E-state index in [1.165, 1.54) is 0 Å². The van der Waals surface area contributed by atoms with Crippen molar-refractivity contribution in [3.8, 4) is 0 Å². The monoisotopic (exact) mass is 210 g/mol. The zero-order valence-corrected chi connectivity index (χ0v) is 10.0. The highest BCUT2D eigenvalue weighted by molar-refractivity contribution is 5.94. The van der Waals surface area contributed by atoms with Gasteiger partial charge >= 0.3 is 0 Å². The maximum atomic E-state index is 12.1. The van der Waals surface area contributed by atoms with Gasteiger partial charge in [-0.25, -0.2) is 0 Å². The van der Waals surface area contributed by atoms with Crippen LogP contribution in [0.15, 0.2) is 11.3 Å². The number of likely N-dealkylation sites (tertiary alicyclic amines) is 1. The van der Waals surface area contributed by atoms with Crippen LogP contribution in [0.3, 0.4) is 0 Å². The fourth-order valence-electron chi connectivity index (χ4n) is 2.00. The number of nitrogens with two attached hydrogens (primary N) is 1. The summed E-state index contributed by atoms with van der Waals surface area (Å²) < 4.78 is 0. The Balaban J connectivity index is 2.65. The maximum Gasteiger partial charge on any atom is 0.251 e. The van der Waals surface area contributed by atoms with E-state index in [9.17, 15) is 4.79 Å². The predicted octanol–water partition coefficient (Wildman–Crippen LogP) is 1.89. The summed E-state index contributed by atoms with van der Waals surface area (Å²) in [6, 6.07) is 0. The van der Waals surface area contributed by atoms with Crippen LogP contribution in [0.5, 0.6) is 0 Å². The lowest BCUT2D eigenvalue weighted by molar-refractivity contribution is -0.128. The van der Waals surface area contributed by atoms with Gasteiger partial charge in [-0.3, -0.25) is 4.79 Å². The third-order valence-corrected chi connectivity index (χ3v) is 3.16. The number of rotatable bonds is 2. The van der Waals surface area contributed by atoms with Gasteiger partial charge in [0.1, 0.15) is 0 Å². The van der Waals surface area contributed by atoms with Gasteiger partial charge in [-0.1, -0.05) is 13.8 Å². The normalized spacial score (nSPS) is 20.1. The largest absolute Gasteiger partial charge is 0.402 e. The van der Waals surface area contributed by atoms with Crippen molar-refractivity contribution in [1.29, 1.82) is 0 Å². The van der Waals surface area contributed by atoms with Gasteiger partial charge < -0.3 is 10.6 Å². The second-order valence-electron chi connectivity index (χ2n) is 4.49. The van der Waals surface area contributed by atoms with E-state index in [0.29, 0.717) is 5.70 Å². The highest BCUT2D eigenvalue weighted by Crippen LogP contribution is 2.19. The van der Waals surface area contributed by atoms with Gasteiger partial charge in [-0.15, -0.1) is 0 Å². The molecular formula is C12H22N2O. The van der Waals surface area contributed by atoms with E-state index in [2.05, 4.69) is 6.92 Å². The molecule has 15 heavy (non-hydrogen) atoms. The van der Waals surface area contributed by atoms with Crippen LogP contribution in [0.4, 0.5) is 0 Å². The molecule has 1 aliphatic heterocycles. The van der Waals surface area contributed by atoms with Gasteiger partial charge in [0.25, 0.3) is 5.91 Å². The molecule has 0 unspecified atom stereocenters. The van der Waals surface area contributed by atoms with E-state index < -0.39 is 0 Å². The van der Waals surface area contributed by atoms with Crippen LogP contribution >= 0.6 is 0 Å². The highest BCUT2D eigenvalue weighted by Gasteiger charge is 2.22. The summed E-state index contributed by atoms with van der Waals surface area (Å²) in [4.78, 5) is 14.0. The van der Waals surface area contributed by atoms with E-state index in [-0.39, 0.29) is 5.91 Å². The molecule has 3 heteroatoms. The Morgan fingerprint density at radius 3 is 2.33 bits per heavy atom. The van der Waals surface area contributed by atoms with Crippen LogP contribution in [0.1, 0.15) is 40.0 Å². The molecule has 0 aliphatic carbocycles. The van der Waals surface area contributed by atoms with E-state index in [1.54, 1.807) is 0 Å². The third kappa shape index (κ3) is 2.98. The molecular weight excluding hydrogens is 188 g/mol. The Labute approximate surface area is 92.3 Å². The predicted molar refractivity (Wildman–Crippen MR) is 62.2 cm³/mol. The molecule has 3 nitrogen and oxygen atoms in total. The topological polar surface area (TPSA) is 46.3 Å². The minimum Gasteiger partial charge on any atom is -0.402 e. The number of allylic oxidation sites excluding steroid dienone is 1. The van der Waals surface area contributed by atoms with Crippen molar-refractivity contribution in [2.45, 2.75) is 40.0 Å². The lowest BCUT2D eigenvalue weighted by atomic mass is 9.98.